The van der Waals surface area contributed by atoms with Crippen LogP contribution < -0.4 is 5.32 Å². The quantitative estimate of drug-likeness (QED) is 0.591. The van der Waals surface area contributed by atoms with E-state index in [2.05, 4.69) is 15.3 Å². The average molecular weight is 428 g/mol. The van der Waals surface area contributed by atoms with Gasteiger partial charge in [-0.3, -0.25) is 4.79 Å². The highest BCUT2D eigenvalue weighted by Gasteiger charge is 2.29. The Morgan fingerprint density at radius 1 is 1.21 bits per heavy atom. The minimum Gasteiger partial charge on any atom is -0.611 e. The molecule has 1 aliphatic heterocycles. The molecule has 0 aliphatic carbocycles. The molecule has 0 fully saturated rings. The number of aromatic nitrogens is 2. The van der Waals surface area contributed by atoms with E-state index in [1.807, 2.05) is 12.1 Å². The van der Waals surface area contributed by atoms with E-state index in [0.29, 0.717) is 32.9 Å². The Labute approximate surface area is 176 Å². The number of nitrogens with one attached hydrogen (secondary N) is 1. The van der Waals surface area contributed by atoms with Crippen LogP contribution in [0.5, 0.6) is 0 Å². The van der Waals surface area contributed by atoms with Gasteiger partial charge in [0.2, 0.25) is 4.90 Å². The third kappa shape index (κ3) is 4.53. The van der Waals surface area contributed by atoms with Gasteiger partial charge in [0.15, 0.2) is 11.6 Å². The Hall–Kier alpha value is -2.61. The summed E-state index contributed by atoms with van der Waals surface area (Å²) in [6, 6.07) is 14.4. The van der Waals surface area contributed by atoms with Gasteiger partial charge in [0.25, 0.3) is 0 Å². The molecule has 6 nitrogen and oxygen atoms in total. The van der Waals surface area contributed by atoms with Crippen molar-refractivity contribution in [3.05, 3.63) is 64.8 Å². The van der Waals surface area contributed by atoms with Crippen LogP contribution >= 0.6 is 11.6 Å². The van der Waals surface area contributed by atoms with Crippen LogP contribution in [0.2, 0.25) is 5.02 Å². The van der Waals surface area contributed by atoms with Crippen molar-refractivity contribution in [2.24, 2.45) is 0 Å². The number of aryl methyl sites for hydroxylation is 1. The average Bonchev–Trinajstić information content (AvgIpc) is 2.69. The predicted octanol–water partition coefficient (Wildman–Crippen LogP) is 4.22. The Balaban J connectivity index is 1.73. The zero-order chi connectivity index (χ0) is 20.4. The van der Waals surface area contributed by atoms with Gasteiger partial charge in [-0.25, -0.2) is 9.97 Å². The normalized spacial score (nSPS) is 15.6. The third-order valence-electron chi connectivity index (χ3n) is 4.56. The summed E-state index contributed by atoms with van der Waals surface area (Å²) in [5.74, 6) is 0.736. The molecule has 8 heteroatoms. The maximum absolute atomic E-state index is 12.7. The van der Waals surface area contributed by atoms with Gasteiger partial charge in [-0.1, -0.05) is 35.9 Å². The summed E-state index contributed by atoms with van der Waals surface area (Å²) in [5.41, 5.74) is 3.01. The van der Waals surface area contributed by atoms with Crippen LogP contribution in [0.4, 0.5) is 11.5 Å². The molecule has 0 amide bonds. The summed E-state index contributed by atoms with van der Waals surface area (Å²) in [6.07, 6.45) is 1.52. The Morgan fingerprint density at radius 2 is 2.00 bits per heavy atom. The van der Waals surface area contributed by atoms with Crippen molar-refractivity contribution < 1.29 is 14.5 Å². The van der Waals surface area contributed by atoms with Crippen molar-refractivity contribution in [3.8, 4) is 11.4 Å². The van der Waals surface area contributed by atoms with Crippen molar-refractivity contribution >= 4 is 40.3 Å². The molecule has 0 radical (unpaired) electrons. The summed E-state index contributed by atoms with van der Waals surface area (Å²) >= 11 is 4.95. The first-order chi connectivity index (χ1) is 14.0. The lowest BCUT2D eigenvalue weighted by Gasteiger charge is -2.22. The number of hydrogen-bond acceptors (Lipinski definition) is 5. The van der Waals surface area contributed by atoms with Crippen molar-refractivity contribution in [2.45, 2.75) is 24.2 Å². The van der Waals surface area contributed by atoms with Crippen molar-refractivity contribution in [1.82, 2.24) is 9.97 Å². The second-order valence-corrected chi connectivity index (χ2v) is 8.67. The zero-order valence-electron chi connectivity index (χ0n) is 15.4. The van der Waals surface area contributed by atoms with E-state index in [1.54, 1.807) is 36.4 Å². The molecule has 148 valence electrons. The lowest BCUT2D eigenvalue weighted by Crippen LogP contribution is -2.20. The number of carboxylic acids is 1. The number of nitrogens with zero attached hydrogens (tertiary/aromatic N) is 2. The lowest BCUT2D eigenvalue weighted by molar-refractivity contribution is -0.136. The first kappa shape index (κ1) is 19.7. The van der Waals surface area contributed by atoms with E-state index >= 15 is 0 Å². The van der Waals surface area contributed by atoms with Gasteiger partial charge < -0.3 is 15.0 Å². The van der Waals surface area contributed by atoms with Gasteiger partial charge in [-0.2, -0.15) is 0 Å². The maximum Gasteiger partial charge on any atom is 0.307 e. The van der Waals surface area contributed by atoms with E-state index in [1.165, 1.54) is 0 Å². The molecular weight excluding hydrogens is 410 g/mol. The standard InChI is InChI=1S/C21H18ClN3O3S/c22-15-4-1-3-14(12-15)20-24-17-5-2-10-29(28)19(17)21(25-20)23-16-8-6-13(7-9-16)11-18(26)27/h1,3-4,6-9,12H,2,5,10-11H2,(H,26,27)(H,23,24,25). The van der Waals surface area contributed by atoms with E-state index in [4.69, 9.17) is 16.7 Å². The summed E-state index contributed by atoms with van der Waals surface area (Å²) in [5, 5.41) is 12.8. The van der Waals surface area contributed by atoms with Crippen molar-refractivity contribution in [2.75, 3.05) is 11.1 Å². The molecule has 2 N–H and O–H groups in total. The van der Waals surface area contributed by atoms with Crippen LogP contribution in [0, 0.1) is 0 Å². The van der Waals surface area contributed by atoms with E-state index < -0.39 is 17.1 Å². The number of halogens is 1. The summed E-state index contributed by atoms with van der Waals surface area (Å²) in [6.45, 7) is 0. The largest absolute Gasteiger partial charge is 0.611 e. The first-order valence-corrected chi connectivity index (χ1v) is 10.8. The van der Waals surface area contributed by atoms with Gasteiger partial charge in [0.1, 0.15) is 11.4 Å². The number of rotatable bonds is 5. The van der Waals surface area contributed by atoms with Crippen LogP contribution in [0.25, 0.3) is 11.4 Å². The van der Waals surface area contributed by atoms with E-state index in [-0.39, 0.29) is 6.42 Å². The maximum atomic E-state index is 12.7. The Morgan fingerprint density at radius 3 is 2.72 bits per heavy atom. The van der Waals surface area contributed by atoms with Crippen LogP contribution in [-0.4, -0.2) is 31.3 Å². The molecule has 1 aliphatic rings. The molecule has 3 aromatic rings. The molecule has 1 atom stereocenters. The predicted molar refractivity (Wildman–Crippen MR) is 113 cm³/mol. The molecule has 0 saturated carbocycles. The van der Waals surface area contributed by atoms with Gasteiger partial charge in [0, 0.05) is 16.3 Å². The molecule has 2 aromatic carbocycles. The summed E-state index contributed by atoms with van der Waals surface area (Å²) in [7, 11) is 0. The molecule has 4 rings (SSSR count). The van der Waals surface area contributed by atoms with E-state index in [9.17, 15) is 9.35 Å². The molecule has 1 aromatic heterocycles. The second kappa shape index (κ2) is 8.41. The zero-order valence-corrected chi connectivity index (χ0v) is 17.0. The molecule has 1 unspecified atom stereocenters. The van der Waals surface area contributed by atoms with Gasteiger partial charge in [-0.05, 0) is 53.8 Å². The molecule has 0 saturated heterocycles. The molecule has 0 spiro atoms. The SMILES string of the molecule is O=C(O)Cc1ccc(Nc2nc(-c3cccc(Cl)c3)nc3c2[S+]([O-])CCC3)cc1. The summed E-state index contributed by atoms with van der Waals surface area (Å²) < 4.78 is 12.7. The number of aliphatic carboxylic acids is 1. The van der Waals surface area contributed by atoms with Gasteiger partial charge in [0.05, 0.1) is 6.42 Å². The minimum atomic E-state index is -1.17. The van der Waals surface area contributed by atoms with Gasteiger partial charge in [-0.15, -0.1) is 0 Å². The number of carboxylic acid groups (broad SMARTS) is 1. The molecule has 29 heavy (non-hydrogen) atoms. The van der Waals surface area contributed by atoms with Crippen LogP contribution in [0.1, 0.15) is 17.7 Å². The number of fused-ring (bicyclic) bond motifs is 1. The Bertz CT molecular complexity index is 1060. The highest BCUT2D eigenvalue weighted by molar-refractivity contribution is 7.91. The molecule has 0 bridgehead atoms. The fraction of sp³-hybridized carbons (Fsp3) is 0.190. The highest BCUT2D eigenvalue weighted by atomic mass is 35.5. The fourth-order valence-electron chi connectivity index (χ4n) is 3.24. The van der Waals surface area contributed by atoms with Gasteiger partial charge >= 0.3 is 5.97 Å². The first-order valence-electron chi connectivity index (χ1n) is 9.12. The number of carbonyl (C=O) groups is 1. The Kier molecular flexibility index (Phi) is 5.71. The van der Waals surface area contributed by atoms with E-state index in [0.717, 1.165) is 29.8 Å². The van der Waals surface area contributed by atoms with Crippen LogP contribution in [0.3, 0.4) is 0 Å². The number of anilines is 2. The van der Waals surface area contributed by atoms with Crippen molar-refractivity contribution in [3.63, 3.8) is 0 Å². The topological polar surface area (TPSA) is 98.2 Å². The fourth-order valence-corrected chi connectivity index (χ4v) is 4.76. The third-order valence-corrected chi connectivity index (χ3v) is 6.34. The minimum absolute atomic E-state index is 0.0356. The summed E-state index contributed by atoms with van der Waals surface area (Å²) in [4.78, 5) is 20.8. The van der Waals surface area contributed by atoms with Crippen molar-refractivity contribution in [1.29, 1.82) is 0 Å². The second-order valence-electron chi connectivity index (χ2n) is 6.73. The monoisotopic (exact) mass is 427 g/mol. The van der Waals surface area contributed by atoms with Crippen LogP contribution in [0.15, 0.2) is 53.4 Å². The lowest BCUT2D eigenvalue weighted by atomic mass is 10.1. The number of hydrogen-bond donors (Lipinski definition) is 2. The highest BCUT2D eigenvalue weighted by Crippen LogP contribution is 2.33. The smallest absolute Gasteiger partial charge is 0.307 e. The number of benzene rings is 2. The molecule has 2 heterocycles. The molecular formula is C21H18ClN3O3S. The van der Waals surface area contributed by atoms with Crippen LogP contribution in [-0.2, 0) is 28.8 Å².